The van der Waals surface area contributed by atoms with Crippen molar-refractivity contribution in [1.29, 1.82) is 0 Å². The van der Waals surface area contributed by atoms with Gasteiger partial charge in [0.1, 0.15) is 5.76 Å². The Bertz CT molecular complexity index is 543. The zero-order valence-corrected chi connectivity index (χ0v) is 12.3. The molecule has 0 atom stereocenters. The number of hydrogen-bond acceptors (Lipinski definition) is 7. The molecule has 0 aliphatic rings. The van der Waals surface area contributed by atoms with Crippen molar-refractivity contribution in [2.75, 3.05) is 11.1 Å². The molecule has 3 N–H and O–H groups in total. The summed E-state index contributed by atoms with van der Waals surface area (Å²) in [4.78, 5) is 0. The van der Waals surface area contributed by atoms with Crippen LogP contribution >= 0.6 is 11.5 Å². The predicted octanol–water partition coefficient (Wildman–Crippen LogP) is 2.73. The van der Waals surface area contributed by atoms with E-state index in [0.717, 1.165) is 22.0 Å². The van der Waals surface area contributed by atoms with Crippen LogP contribution in [0.2, 0.25) is 0 Å². The highest BCUT2D eigenvalue weighted by molar-refractivity contribution is 7.11. The van der Waals surface area contributed by atoms with Crippen molar-refractivity contribution < 1.29 is 9.26 Å². The second kappa shape index (κ2) is 5.48. The third-order valence-electron chi connectivity index (χ3n) is 2.63. The number of nitrogens with one attached hydrogen (secondary N) is 1. The molecule has 0 aromatic carbocycles. The molecular weight excluding hydrogens is 264 g/mol. The van der Waals surface area contributed by atoms with Gasteiger partial charge in [-0.1, -0.05) is 5.16 Å². The highest BCUT2D eigenvalue weighted by Gasteiger charge is 2.16. The molecule has 0 saturated heterocycles. The fraction of sp³-hybridized carbons (Fsp3) is 0.500. The first-order valence-electron chi connectivity index (χ1n) is 6.06. The van der Waals surface area contributed by atoms with Crippen LogP contribution in [0.3, 0.4) is 0 Å². The molecule has 104 valence electrons. The number of aryl methyl sites for hydroxylation is 2. The standard InChI is InChI=1S/C12H18N4O2S/c1-6(2)17-10-11(13)16-19-12(10)14-5-9-7(3)15-18-8(9)4/h6,14H,5H2,1-4H3,(H2,13,16). The Hall–Kier alpha value is -1.76. The average Bonchev–Trinajstić information content (AvgIpc) is 2.83. The van der Waals surface area contributed by atoms with Gasteiger partial charge in [-0.2, -0.15) is 4.37 Å². The summed E-state index contributed by atoms with van der Waals surface area (Å²) in [6.45, 7) is 8.32. The van der Waals surface area contributed by atoms with Crippen LogP contribution in [0.4, 0.5) is 10.8 Å². The van der Waals surface area contributed by atoms with Gasteiger partial charge in [-0.05, 0) is 39.2 Å². The van der Waals surface area contributed by atoms with Crippen molar-refractivity contribution in [3.8, 4) is 5.75 Å². The molecule has 0 spiro atoms. The van der Waals surface area contributed by atoms with Crippen LogP contribution < -0.4 is 15.8 Å². The number of rotatable bonds is 5. The quantitative estimate of drug-likeness (QED) is 0.877. The number of aromatic nitrogens is 2. The largest absolute Gasteiger partial charge is 0.484 e. The number of nitrogens with zero attached hydrogens (tertiary/aromatic N) is 2. The van der Waals surface area contributed by atoms with E-state index in [2.05, 4.69) is 14.8 Å². The maximum Gasteiger partial charge on any atom is 0.197 e. The molecule has 0 aliphatic carbocycles. The molecule has 6 nitrogen and oxygen atoms in total. The van der Waals surface area contributed by atoms with Crippen LogP contribution in [0.1, 0.15) is 30.9 Å². The summed E-state index contributed by atoms with van der Waals surface area (Å²) < 4.78 is 14.9. The van der Waals surface area contributed by atoms with Crippen molar-refractivity contribution in [1.82, 2.24) is 9.53 Å². The second-order valence-electron chi connectivity index (χ2n) is 4.55. The molecule has 0 fully saturated rings. The molecule has 0 bridgehead atoms. The molecule has 2 aromatic heterocycles. The molecule has 0 radical (unpaired) electrons. The fourth-order valence-corrected chi connectivity index (χ4v) is 2.32. The van der Waals surface area contributed by atoms with E-state index in [4.69, 9.17) is 15.0 Å². The minimum atomic E-state index is 0.0540. The molecule has 0 unspecified atom stereocenters. The van der Waals surface area contributed by atoms with Gasteiger partial charge in [0, 0.05) is 12.1 Å². The third kappa shape index (κ3) is 2.98. The Kier molecular flexibility index (Phi) is 3.94. The van der Waals surface area contributed by atoms with Crippen molar-refractivity contribution in [3.63, 3.8) is 0 Å². The Morgan fingerprint density at radius 1 is 1.42 bits per heavy atom. The van der Waals surface area contributed by atoms with Crippen LogP contribution in [-0.2, 0) is 6.54 Å². The summed E-state index contributed by atoms with van der Waals surface area (Å²) in [6.07, 6.45) is 0.0540. The molecule has 19 heavy (non-hydrogen) atoms. The highest BCUT2D eigenvalue weighted by atomic mass is 32.1. The first kappa shape index (κ1) is 13.7. The third-order valence-corrected chi connectivity index (χ3v) is 3.43. The SMILES string of the molecule is Cc1noc(C)c1CNc1snc(N)c1OC(C)C. The fourth-order valence-electron chi connectivity index (χ4n) is 1.68. The van der Waals surface area contributed by atoms with Gasteiger partial charge < -0.3 is 20.3 Å². The van der Waals surface area contributed by atoms with Crippen LogP contribution in [0.25, 0.3) is 0 Å². The lowest BCUT2D eigenvalue weighted by molar-refractivity contribution is 0.245. The first-order valence-corrected chi connectivity index (χ1v) is 6.83. The number of ether oxygens (including phenoxy) is 1. The number of nitrogens with two attached hydrogens (primary N) is 1. The van der Waals surface area contributed by atoms with Crippen molar-refractivity contribution >= 4 is 22.4 Å². The van der Waals surface area contributed by atoms with Crippen LogP contribution in [0.15, 0.2) is 4.52 Å². The van der Waals surface area contributed by atoms with E-state index in [1.54, 1.807) is 0 Å². The zero-order chi connectivity index (χ0) is 14.0. The molecule has 0 aliphatic heterocycles. The Balaban J connectivity index is 2.12. The van der Waals surface area contributed by atoms with Crippen LogP contribution in [0, 0.1) is 13.8 Å². The van der Waals surface area contributed by atoms with Crippen molar-refractivity contribution in [3.05, 3.63) is 17.0 Å². The minimum Gasteiger partial charge on any atom is -0.484 e. The predicted molar refractivity (Wildman–Crippen MR) is 75.6 cm³/mol. The lowest BCUT2D eigenvalue weighted by Gasteiger charge is -2.11. The second-order valence-corrected chi connectivity index (χ2v) is 5.32. The van der Waals surface area contributed by atoms with E-state index in [9.17, 15) is 0 Å². The van der Waals surface area contributed by atoms with Crippen molar-refractivity contribution in [2.24, 2.45) is 0 Å². The van der Waals surface area contributed by atoms with Gasteiger partial charge in [-0.15, -0.1) is 0 Å². The number of anilines is 2. The topological polar surface area (TPSA) is 86.2 Å². The van der Waals surface area contributed by atoms with E-state index in [-0.39, 0.29) is 6.10 Å². The molecule has 2 heterocycles. The number of hydrogen-bond donors (Lipinski definition) is 2. The van der Waals surface area contributed by atoms with Gasteiger partial charge in [0.2, 0.25) is 0 Å². The molecule has 0 amide bonds. The van der Waals surface area contributed by atoms with Gasteiger partial charge in [-0.25, -0.2) is 0 Å². The van der Waals surface area contributed by atoms with E-state index >= 15 is 0 Å². The van der Waals surface area contributed by atoms with E-state index < -0.39 is 0 Å². The molecule has 2 rings (SSSR count). The summed E-state index contributed by atoms with van der Waals surface area (Å²) in [5.41, 5.74) is 7.73. The Morgan fingerprint density at radius 3 is 2.74 bits per heavy atom. The smallest absolute Gasteiger partial charge is 0.197 e. The van der Waals surface area contributed by atoms with Gasteiger partial charge >= 0.3 is 0 Å². The summed E-state index contributed by atoms with van der Waals surface area (Å²) in [5.74, 6) is 1.85. The van der Waals surface area contributed by atoms with Gasteiger partial charge in [0.25, 0.3) is 0 Å². The zero-order valence-electron chi connectivity index (χ0n) is 11.5. The maximum atomic E-state index is 5.80. The first-order chi connectivity index (χ1) is 8.99. The summed E-state index contributed by atoms with van der Waals surface area (Å²) in [6, 6.07) is 0. The maximum absolute atomic E-state index is 5.80. The van der Waals surface area contributed by atoms with Crippen LogP contribution in [-0.4, -0.2) is 15.6 Å². The average molecular weight is 282 g/mol. The van der Waals surface area contributed by atoms with Gasteiger partial charge in [-0.3, -0.25) is 0 Å². The van der Waals surface area contributed by atoms with Gasteiger partial charge in [0.05, 0.1) is 11.8 Å². The monoisotopic (exact) mass is 282 g/mol. The van der Waals surface area contributed by atoms with E-state index in [0.29, 0.717) is 18.1 Å². The highest BCUT2D eigenvalue weighted by Crippen LogP contribution is 2.36. The Morgan fingerprint density at radius 2 is 2.16 bits per heavy atom. The van der Waals surface area contributed by atoms with Crippen molar-refractivity contribution in [2.45, 2.75) is 40.3 Å². The molecule has 0 saturated carbocycles. The number of nitrogen functional groups attached to an aromatic ring is 1. The minimum absolute atomic E-state index is 0.0540. The van der Waals surface area contributed by atoms with E-state index in [1.807, 2.05) is 27.7 Å². The molecular formula is C12H18N4O2S. The summed E-state index contributed by atoms with van der Waals surface area (Å²) in [5, 5.41) is 8.02. The van der Waals surface area contributed by atoms with Gasteiger partial charge in [0.15, 0.2) is 16.6 Å². The lowest BCUT2D eigenvalue weighted by Crippen LogP contribution is -2.09. The summed E-state index contributed by atoms with van der Waals surface area (Å²) >= 11 is 1.29. The molecule has 2 aromatic rings. The summed E-state index contributed by atoms with van der Waals surface area (Å²) in [7, 11) is 0. The lowest BCUT2D eigenvalue weighted by atomic mass is 10.2. The normalized spacial score (nSPS) is 11.0. The van der Waals surface area contributed by atoms with Crippen LogP contribution in [0.5, 0.6) is 5.75 Å². The Labute approximate surface area is 116 Å². The molecule has 7 heteroatoms. The van der Waals surface area contributed by atoms with E-state index in [1.165, 1.54) is 11.5 Å².